The Morgan fingerprint density at radius 3 is 2.77 bits per heavy atom. The Bertz CT molecular complexity index is 1020. The van der Waals surface area contributed by atoms with Crippen molar-refractivity contribution in [2.45, 2.75) is 0 Å². The van der Waals surface area contributed by atoms with E-state index in [1.807, 2.05) is 48.5 Å². The molecule has 26 heavy (non-hydrogen) atoms. The van der Waals surface area contributed by atoms with Crippen LogP contribution in [0.3, 0.4) is 0 Å². The van der Waals surface area contributed by atoms with Crippen LogP contribution in [0.4, 0.5) is 0 Å². The van der Waals surface area contributed by atoms with Gasteiger partial charge in [0.1, 0.15) is 0 Å². The van der Waals surface area contributed by atoms with Crippen molar-refractivity contribution >= 4 is 16.7 Å². The van der Waals surface area contributed by atoms with Crippen LogP contribution in [0.25, 0.3) is 21.9 Å². The number of amides is 1. The molecule has 1 saturated heterocycles. The molecule has 2 aromatic carbocycles. The standard InChI is InChI=1S/C21H17N3O2/c1-26-20-8-6-17(11-23-20)18-4-2-3-15-9-16(5-7-19(15)18)21(25)24-12-14(10-22)13-24/h2-9,11,14H,12-13H2,1H3. The lowest BCUT2D eigenvalue weighted by atomic mass is 9.96. The normalized spacial score (nSPS) is 13.9. The minimum atomic E-state index is -0.0337. The predicted molar refractivity (Wildman–Crippen MR) is 98.7 cm³/mol. The van der Waals surface area contributed by atoms with Gasteiger partial charge >= 0.3 is 0 Å². The van der Waals surface area contributed by atoms with Crippen molar-refractivity contribution in [2.75, 3.05) is 20.2 Å². The van der Waals surface area contributed by atoms with E-state index in [2.05, 4.69) is 11.1 Å². The van der Waals surface area contributed by atoms with Gasteiger partial charge < -0.3 is 9.64 Å². The van der Waals surface area contributed by atoms with E-state index in [9.17, 15) is 4.79 Å². The molecule has 5 heteroatoms. The number of pyridine rings is 1. The van der Waals surface area contributed by atoms with Crippen molar-refractivity contribution in [3.05, 3.63) is 60.3 Å². The van der Waals surface area contributed by atoms with Gasteiger partial charge in [-0.2, -0.15) is 5.26 Å². The van der Waals surface area contributed by atoms with Crippen molar-refractivity contribution in [3.63, 3.8) is 0 Å². The highest BCUT2D eigenvalue weighted by molar-refractivity contribution is 6.02. The largest absolute Gasteiger partial charge is 0.481 e. The number of nitriles is 1. The molecule has 5 nitrogen and oxygen atoms in total. The quantitative estimate of drug-likeness (QED) is 0.730. The van der Waals surface area contributed by atoms with E-state index < -0.39 is 0 Å². The summed E-state index contributed by atoms with van der Waals surface area (Å²) in [6, 6.07) is 17.8. The second-order valence-electron chi connectivity index (χ2n) is 6.37. The number of hydrogen-bond donors (Lipinski definition) is 0. The van der Waals surface area contributed by atoms with Gasteiger partial charge in [0, 0.05) is 36.5 Å². The zero-order chi connectivity index (χ0) is 18.1. The highest BCUT2D eigenvalue weighted by Crippen LogP contribution is 2.30. The summed E-state index contributed by atoms with van der Waals surface area (Å²) >= 11 is 0. The van der Waals surface area contributed by atoms with Crippen molar-refractivity contribution in [1.29, 1.82) is 5.26 Å². The Morgan fingerprint density at radius 1 is 1.23 bits per heavy atom. The lowest BCUT2D eigenvalue weighted by molar-refractivity contribution is 0.0577. The number of methoxy groups -OCH3 is 1. The number of carbonyl (C=O) groups is 1. The van der Waals surface area contributed by atoms with Crippen LogP contribution in [0.2, 0.25) is 0 Å². The summed E-state index contributed by atoms with van der Waals surface area (Å²) in [6.07, 6.45) is 1.79. The van der Waals surface area contributed by atoms with E-state index >= 15 is 0 Å². The van der Waals surface area contributed by atoms with Gasteiger partial charge in [0.25, 0.3) is 5.91 Å². The first-order valence-corrected chi connectivity index (χ1v) is 8.41. The second kappa shape index (κ2) is 6.49. The first-order chi connectivity index (χ1) is 12.7. The molecule has 1 aliphatic rings. The van der Waals surface area contributed by atoms with Gasteiger partial charge in [0.05, 0.1) is 19.1 Å². The zero-order valence-corrected chi connectivity index (χ0v) is 14.3. The molecule has 2 heterocycles. The van der Waals surface area contributed by atoms with Crippen molar-refractivity contribution in [2.24, 2.45) is 5.92 Å². The molecular formula is C21H17N3O2. The van der Waals surface area contributed by atoms with Crippen LogP contribution in [0.15, 0.2) is 54.7 Å². The second-order valence-corrected chi connectivity index (χ2v) is 6.37. The molecular weight excluding hydrogens is 326 g/mol. The molecule has 0 radical (unpaired) electrons. The molecule has 1 aromatic heterocycles. The number of rotatable bonds is 3. The van der Waals surface area contributed by atoms with Gasteiger partial charge in [-0.3, -0.25) is 4.79 Å². The molecule has 1 fully saturated rings. The molecule has 128 valence electrons. The number of nitrogens with zero attached hydrogens (tertiary/aromatic N) is 3. The van der Waals surface area contributed by atoms with Gasteiger partial charge in [-0.15, -0.1) is 0 Å². The van der Waals surface area contributed by atoms with Crippen LogP contribution < -0.4 is 4.74 Å². The monoisotopic (exact) mass is 343 g/mol. The average Bonchev–Trinajstić information content (AvgIpc) is 2.66. The van der Waals surface area contributed by atoms with Crippen molar-refractivity contribution in [3.8, 4) is 23.1 Å². The minimum absolute atomic E-state index is 0.0186. The van der Waals surface area contributed by atoms with Crippen LogP contribution in [-0.4, -0.2) is 36.0 Å². The third kappa shape index (κ3) is 2.76. The van der Waals surface area contributed by atoms with E-state index in [0.29, 0.717) is 24.5 Å². The summed E-state index contributed by atoms with van der Waals surface area (Å²) in [4.78, 5) is 18.5. The van der Waals surface area contributed by atoms with Gasteiger partial charge in [0.15, 0.2) is 0 Å². The molecule has 0 atom stereocenters. The van der Waals surface area contributed by atoms with Crippen LogP contribution in [0, 0.1) is 17.2 Å². The number of hydrogen-bond acceptors (Lipinski definition) is 4. The lowest BCUT2D eigenvalue weighted by Gasteiger charge is -2.35. The topological polar surface area (TPSA) is 66.2 Å². The smallest absolute Gasteiger partial charge is 0.253 e. The fraction of sp³-hybridized carbons (Fsp3) is 0.190. The van der Waals surface area contributed by atoms with Crippen molar-refractivity contribution < 1.29 is 9.53 Å². The van der Waals surface area contributed by atoms with Gasteiger partial charge in [-0.25, -0.2) is 4.98 Å². The maximum absolute atomic E-state index is 12.6. The maximum atomic E-state index is 12.6. The fourth-order valence-corrected chi connectivity index (χ4v) is 3.24. The van der Waals surface area contributed by atoms with Crippen LogP contribution in [-0.2, 0) is 0 Å². The Hall–Kier alpha value is -3.39. The van der Waals surface area contributed by atoms with Crippen LogP contribution in [0.5, 0.6) is 5.88 Å². The summed E-state index contributed by atoms with van der Waals surface area (Å²) in [5.41, 5.74) is 2.71. The fourth-order valence-electron chi connectivity index (χ4n) is 3.24. The number of likely N-dealkylation sites (tertiary alicyclic amines) is 1. The molecule has 0 saturated carbocycles. The van der Waals surface area contributed by atoms with E-state index in [1.165, 1.54) is 0 Å². The number of benzene rings is 2. The van der Waals surface area contributed by atoms with Crippen molar-refractivity contribution in [1.82, 2.24) is 9.88 Å². The molecule has 1 aliphatic heterocycles. The average molecular weight is 343 g/mol. The Labute approximate surface area is 151 Å². The first-order valence-electron chi connectivity index (χ1n) is 8.41. The molecule has 0 bridgehead atoms. The zero-order valence-electron chi connectivity index (χ0n) is 14.3. The van der Waals surface area contributed by atoms with E-state index in [-0.39, 0.29) is 11.8 Å². The third-order valence-corrected chi connectivity index (χ3v) is 4.74. The molecule has 0 unspecified atom stereocenters. The number of aromatic nitrogens is 1. The molecule has 0 N–H and O–H groups in total. The lowest BCUT2D eigenvalue weighted by Crippen LogP contribution is -2.49. The Morgan fingerprint density at radius 2 is 2.08 bits per heavy atom. The number of carbonyl (C=O) groups excluding carboxylic acids is 1. The Balaban J connectivity index is 1.67. The third-order valence-electron chi connectivity index (χ3n) is 4.74. The highest BCUT2D eigenvalue weighted by Gasteiger charge is 2.31. The first kappa shape index (κ1) is 16.1. The van der Waals surface area contributed by atoms with Gasteiger partial charge in [0.2, 0.25) is 5.88 Å². The van der Waals surface area contributed by atoms with E-state index in [0.717, 1.165) is 21.9 Å². The summed E-state index contributed by atoms with van der Waals surface area (Å²) in [5, 5.41) is 10.9. The molecule has 3 aromatic rings. The Kier molecular flexibility index (Phi) is 4.02. The van der Waals surface area contributed by atoms with E-state index in [1.54, 1.807) is 18.2 Å². The van der Waals surface area contributed by atoms with Crippen LogP contribution in [0.1, 0.15) is 10.4 Å². The summed E-state index contributed by atoms with van der Waals surface area (Å²) in [5.74, 6) is 0.524. The summed E-state index contributed by atoms with van der Waals surface area (Å²) < 4.78 is 5.12. The minimum Gasteiger partial charge on any atom is -0.481 e. The molecule has 1 amide bonds. The van der Waals surface area contributed by atoms with Gasteiger partial charge in [-0.1, -0.05) is 24.3 Å². The van der Waals surface area contributed by atoms with Gasteiger partial charge in [-0.05, 0) is 34.5 Å². The molecule has 0 aliphatic carbocycles. The SMILES string of the molecule is COc1ccc(-c2cccc3cc(C(=O)N4CC(C#N)C4)ccc23)cn1. The predicted octanol–water partition coefficient (Wildman–Crippen LogP) is 3.51. The van der Waals surface area contributed by atoms with E-state index in [4.69, 9.17) is 10.00 Å². The number of ether oxygens (including phenoxy) is 1. The molecule has 4 rings (SSSR count). The van der Waals surface area contributed by atoms with Crippen LogP contribution >= 0.6 is 0 Å². The maximum Gasteiger partial charge on any atom is 0.253 e. The summed E-state index contributed by atoms with van der Waals surface area (Å²) in [6.45, 7) is 1.04. The molecule has 0 spiro atoms. The highest BCUT2D eigenvalue weighted by atomic mass is 16.5. The summed E-state index contributed by atoms with van der Waals surface area (Å²) in [7, 11) is 1.59. The number of fused-ring (bicyclic) bond motifs is 1.